The molecule has 1 N–H and O–H groups in total. The van der Waals surface area contributed by atoms with Crippen LogP contribution in [0.3, 0.4) is 0 Å². The fourth-order valence-corrected chi connectivity index (χ4v) is 12.1. The maximum absolute atomic E-state index is 13.9. The molecule has 19 nitrogen and oxygen atoms in total. The molecule has 3 amide bonds. The first-order valence-electron chi connectivity index (χ1n) is 27.1. The van der Waals surface area contributed by atoms with Crippen molar-refractivity contribution in [3.05, 3.63) is 87.9 Å². The van der Waals surface area contributed by atoms with Crippen LogP contribution in [0.1, 0.15) is 96.4 Å². The number of benzene rings is 3. The molecule has 3 aliphatic heterocycles. The van der Waals surface area contributed by atoms with Crippen LogP contribution >= 0.6 is 11.6 Å². The number of piperazine rings is 1. The number of rotatable bonds is 23. The molecule has 4 fully saturated rings. The highest BCUT2D eigenvalue weighted by Gasteiger charge is 2.64. The maximum atomic E-state index is 13.9. The number of anilines is 2. The average Bonchev–Trinajstić information content (AvgIpc) is 3.75. The number of nitrogens with zero attached hydrogens (tertiary/aromatic N) is 5. The molecule has 0 spiro atoms. The van der Waals surface area contributed by atoms with Gasteiger partial charge in [0, 0.05) is 106 Å². The van der Waals surface area contributed by atoms with Gasteiger partial charge in [-0.3, -0.25) is 33.8 Å². The van der Waals surface area contributed by atoms with Gasteiger partial charge in [-0.2, -0.15) is 5.26 Å². The molecule has 0 radical (unpaired) electrons. The Hall–Kier alpha value is -6.14. The molecular formula is C58H73ClN6O13. The van der Waals surface area contributed by atoms with Crippen LogP contribution in [0.15, 0.2) is 60.7 Å². The zero-order valence-corrected chi connectivity index (χ0v) is 46.2. The third kappa shape index (κ3) is 13.6. The lowest BCUT2D eigenvalue weighted by Crippen LogP contribution is -2.74. The normalized spacial score (nSPS) is 22.3. The Bertz CT molecular complexity index is 2660. The van der Waals surface area contributed by atoms with E-state index in [1.165, 1.54) is 0 Å². The van der Waals surface area contributed by atoms with Crippen molar-refractivity contribution in [3.8, 4) is 11.8 Å². The third-order valence-electron chi connectivity index (χ3n) is 16.0. The fraction of sp³-hybridized carbons (Fsp3) is 0.569. The zero-order valence-electron chi connectivity index (χ0n) is 45.4. The molecule has 2 atom stereocenters. The summed E-state index contributed by atoms with van der Waals surface area (Å²) >= 11 is 6.27. The van der Waals surface area contributed by atoms with Gasteiger partial charge in [0.25, 0.3) is 17.7 Å². The van der Waals surface area contributed by atoms with E-state index in [9.17, 15) is 34.0 Å². The van der Waals surface area contributed by atoms with Crippen LogP contribution in [0, 0.1) is 34.0 Å². The second-order valence-electron chi connectivity index (χ2n) is 21.9. The summed E-state index contributed by atoms with van der Waals surface area (Å²) in [6, 6.07) is 19.0. The number of carbonyl (C=O) groups excluding carboxylic acids is 6. The van der Waals surface area contributed by atoms with Gasteiger partial charge in [0.15, 0.2) is 5.78 Å². The van der Waals surface area contributed by atoms with Crippen LogP contribution in [-0.2, 0) is 38.0 Å². The highest BCUT2D eigenvalue weighted by Crippen LogP contribution is 2.55. The Morgan fingerprint density at radius 2 is 1.32 bits per heavy atom. The Kier molecular flexibility index (Phi) is 19.5. The molecule has 0 aromatic heterocycles. The Balaban J connectivity index is 0.730. The summed E-state index contributed by atoms with van der Waals surface area (Å²) in [6.07, 6.45) is 0.541. The molecule has 3 heterocycles. The number of ether oxygens (including phenoxy) is 7. The molecule has 78 heavy (non-hydrogen) atoms. The number of carbonyl (C=O) groups is 6. The molecule has 2 unspecified atom stereocenters. The van der Waals surface area contributed by atoms with Gasteiger partial charge in [0.2, 0.25) is 0 Å². The smallest absolute Gasteiger partial charge is 0.489 e. The predicted octanol–water partition coefficient (Wildman–Crippen LogP) is 6.61. The summed E-state index contributed by atoms with van der Waals surface area (Å²) in [5.41, 5.74) is 2.64. The number of ketones is 2. The summed E-state index contributed by atoms with van der Waals surface area (Å²) in [5.74, 6) is -1.78. The van der Waals surface area contributed by atoms with Crippen LogP contribution in [-0.4, -0.2) is 176 Å². The number of nitriles is 1. The van der Waals surface area contributed by atoms with Crippen molar-refractivity contribution in [2.45, 2.75) is 78.0 Å². The molecule has 8 rings (SSSR count). The molecule has 3 aromatic rings. The van der Waals surface area contributed by atoms with Crippen molar-refractivity contribution < 1.29 is 61.9 Å². The molecule has 2 saturated heterocycles. The summed E-state index contributed by atoms with van der Waals surface area (Å²) < 4.78 is 37.6. The fourth-order valence-electron chi connectivity index (χ4n) is 11.9. The van der Waals surface area contributed by atoms with Crippen molar-refractivity contribution in [1.29, 1.82) is 5.26 Å². The van der Waals surface area contributed by atoms with E-state index < -0.39 is 35.7 Å². The first kappa shape index (κ1) is 58.0. The number of hydrogen-bond donors (Lipinski definition) is 1. The van der Waals surface area contributed by atoms with Crippen molar-refractivity contribution in [2.24, 2.45) is 22.7 Å². The number of Topliss-reactive ketones (excluding diaryl/α,β-unsaturated/α-hetero) is 2. The summed E-state index contributed by atoms with van der Waals surface area (Å²) in [4.78, 5) is 88.3. The Morgan fingerprint density at radius 3 is 1.96 bits per heavy atom. The number of hydrogen-bond acceptors (Lipinski definition) is 17. The highest BCUT2D eigenvalue weighted by molar-refractivity contribution is 6.31. The van der Waals surface area contributed by atoms with E-state index in [0.717, 1.165) is 74.9 Å². The van der Waals surface area contributed by atoms with Crippen molar-refractivity contribution in [1.82, 2.24) is 15.1 Å². The van der Waals surface area contributed by atoms with Gasteiger partial charge in [-0.1, -0.05) is 39.3 Å². The minimum absolute atomic E-state index is 0.00859. The largest absolute Gasteiger partial charge is 0.508 e. The van der Waals surface area contributed by atoms with Crippen LogP contribution in [0.5, 0.6) is 5.75 Å². The van der Waals surface area contributed by atoms with E-state index in [2.05, 4.69) is 53.8 Å². The van der Waals surface area contributed by atoms with Crippen molar-refractivity contribution >= 4 is 58.4 Å². The number of piperidine rings is 1. The lowest BCUT2D eigenvalue weighted by atomic mass is 9.49. The Labute approximate surface area is 461 Å². The average molecular weight is 1100 g/mol. The van der Waals surface area contributed by atoms with Gasteiger partial charge < -0.3 is 48.3 Å². The van der Waals surface area contributed by atoms with Gasteiger partial charge >= 0.3 is 6.16 Å². The van der Waals surface area contributed by atoms with Crippen LogP contribution in [0.4, 0.5) is 16.2 Å². The Morgan fingerprint density at radius 1 is 0.705 bits per heavy atom. The number of nitrogens with one attached hydrogen (secondary N) is 1. The van der Waals surface area contributed by atoms with Crippen LogP contribution < -0.4 is 19.9 Å². The molecule has 2 aliphatic carbocycles. The van der Waals surface area contributed by atoms with Gasteiger partial charge in [-0.15, -0.1) is 0 Å². The monoisotopic (exact) mass is 1100 g/mol. The molecule has 420 valence electrons. The SMILES string of the molecule is COCCOCCOCCOCCOC(=O)OCC1CC(=O)C(N2C(=O)c3ccc(N4CCN(CC5CCN(c6ccc(C(=O)NC7C(C)(C)C(Oc8ccc(C#N)c(Cl)c8)C7(C)C)cc6)CC5)CC4)cc3C2=O)CCC1=O. The van der Waals surface area contributed by atoms with Crippen LogP contribution in [0.2, 0.25) is 5.02 Å². The third-order valence-corrected chi connectivity index (χ3v) is 16.3. The summed E-state index contributed by atoms with van der Waals surface area (Å²) in [7, 11) is 1.60. The van der Waals surface area contributed by atoms with E-state index in [0.29, 0.717) is 60.9 Å². The second kappa shape index (κ2) is 26.2. The molecular weight excluding hydrogens is 1020 g/mol. The highest BCUT2D eigenvalue weighted by atomic mass is 35.5. The lowest BCUT2D eigenvalue weighted by Gasteiger charge is -2.63. The van der Waals surface area contributed by atoms with E-state index in [4.69, 9.17) is 44.8 Å². The summed E-state index contributed by atoms with van der Waals surface area (Å²) in [5, 5.41) is 12.9. The lowest BCUT2D eigenvalue weighted by molar-refractivity contribution is -0.164. The summed E-state index contributed by atoms with van der Waals surface area (Å²) in [6.45, 7) is 16.5. The number of imide groups is 1. The standard InChI is InChI=1S/C58H73ClN6O13/c1-57(2)54(58(3,4)55(57)78-44-12-8-40(35-60)47(59)34-44)61-51(68)39-6-9-42(10-7-39)63-18-16-38(17-19-63)36-62-20-22-64(23-21-62)43-11-13-45-46(33-43)53(70)65(52(45)69)48-14-15-49(66)41(32-50(48)67)37-77-56(71)76-31-30-75-29-28-74-27-26-73-25-24-72-5/h6-13,33-34,38,41,48,54-55H,14-32,36-37H2,1-5H3,(H,61,68). The number of methoxy groups -OCH3 is 1. The first-order valence-corrected chi connectivity index (χ1v) is 27.5. The molecule has 0 bridgehead atoms. The topological polar surface area (TPSA) is 216 Å². The van der Waals surface area contributed by atoms with Crippen molar-refractivity contribution in [3.63, 3.8) is 0 Å². The predicted molar refractivity (Wildman–Crippen MR) is 289 cm³/mol. The van der Waals surface area contributed by atoms with Gasteiger partial charge in [-0.05, 0) is 79.8 Å². The quantitative estimate of drug-likeness (QED) is 0.0457. The van der Waals surface area contributed by atoms with Gasteiger partial charge in [0.05, 0.1) is 79.9 Å². The first-order chi connectivity index (χ1) is 37.5. The van der Waals surface area contributed by atoms with E-state index >= 15 is 0 Å². The van der Waals surface area contributed by atoms with E-state index in [-0.39, 0.29) is 91.5 Å². The number of halogens is 1. The number of amides is 3. The number of fused-ring (bicyclic) bond motifs is 1. The second-order valence-corrected chi connectivity index (χ2v) is 22.3. The van der Waals surface area contributed by atoms with E-state index in [1.807, 2.05) is 30.3 Å². The van der Waals surface area contributed by atoms with Crippen LogP contribution in [0.25, 0.3) is 0 Å². The molecule has 2 saturated carbocycles. The minimum atomic E-state index is -1.11. The molecule has 20 heteroatoms. The molecule has 5 aliphatic rings. The zero-order chi connectivity index (χ0) is 55.6. The van der Waals surface area contributed by atoms with E-state index in [1.54, 1.807) is 37.4 Å². The minimum Gasteiger partial charge on any atom is -0.489 e. The van der Waals surface area contributed by atoms with Gasteiger partial charge in [0.1, 0.15) is 36.9 Å². The maximum Gasteiger partial charge on any atom is 0.508 e. The van der Waals surface area contributed by atoms with Gasteiger partial charge in [-0.25, -0.2) is 4.79 Å². The molecule has 3 aromatic carbocycles. The van der Waals surface area contributed by atoms with Crippen molar-refractivity contribution in [2.75, 3.05) is 122 Å².